The Morgan fingerprint density at radius 2 is 1.88 bits per heavy atom. The van der Waals surface area contributed by atoms with Crippen LogP contribution < -0.4 is 0 Å². The molecule has 0 fully saturated rings. The molecule has 0 radical (unpaired) electrons. The quantitative estimate of drug-likeness (QED) is 0.719. The van der Waals surface area contributed by atoms with Crippen molar-refractivity contribution in [1.29, 1.82) is 0 Å². The molecule has 0 aliphatic heterocycles. The van der Waals surface area contributed by atoms with Gasteiger partial charge in [0.2, 0.25) is 0 Å². The molecule has 0 aliphatic rings. The van der Waals surface area contributed by atoms with Gasteiger partial charge in [0, 0.05) is 25.0 Å². The highest BCUT2D eigenvalue weighted by atomic mass is 19.4. The van der Waals surface area contributed by atoms with E-state index in [4.69, 9.17) is 0 Å². The second-order valence-corrected chi connectivity index (χ2v) is 5.81. The van der Waals surface area contributed by atoms with Crippen molar-refractivity contribution in [1.82, 2.24) is 14.5 Å². The van der Waals surface area contributed by atoms with Gasteiger partial charge in [0.25, 0.3) is 5.91 Å². The molecular formula is C18H16F3N3O. The molecule has 25 heavy (non-hydrogen) atoms. The van der Waals surface area contributed by atoms with Gasteiger partial charge in [0.1, 0.15) is 12.4 Å². The van der Waals surface area contributed by atoms with Crippen molar-refractivity contribution in [3.05, 3.63) is 66.2 Å². The van der Waals surface area contributed by atoms with Crippen molar-refractivity contribution in [2.75, 3.05) is 7.05 Å². The molecule has 0 saturated heterocycles. The van der Waals surface area contributed by atoms with E-state index in [-0.39, 0.29) is 18.3 Å². The van der Waals surface area contributed by atoms with E-state index in [1.165, 1.54) is 17.3 Å². The minimum Gasteiger partial charge on any atom is -0.334 e. The number of amides is 1. The van der Waals surface area contributed by atoms with E-state index < -0.39 is 12.7 Å². The maximum atomic E-state index is 12.6. The third-order valence-electron chi connectivity index (χ3n) is 3.87. The van der Waals surface area contributed by atoms with Crippen LogP contribution >= 0.6 is 0 Å². The van der Waals surface area contributed by atoms with Crippen molar-refractivity contribution in [2.45, 2.75) is 19.3 Å². The number of carbonyl (C=O) groups is 1. The first-order chi connectivity index (χ1) is 11.8. The normalized spacial score (nSPS) is 11.7. The number of nitrogens with zero attached hydrogens (tertiary/aromatic N) is 3. The van der Waals surface area contributed by atoms with Crippen LogP contribution in [0.4, 0.5) is 13.2 Å². The van der Waals surface area contributed by atoms with Crippen LogP contribution in [0.1, 0.15) is 16.2 Å². The lowest BCUT2D eigenvalue weighted by atomic mass is 10.1. The zero-order valence-electron chi connectivity index (χ0n) is 13.5. The Labute approximate surface area is 142 Å². The largest absolute Gasteiger partial charge is 0.406 e. The molecule has 0 aliphatic carbocycles. The standard InChI is InChI=1S/C18H16F3N3O/c1-23(11-16-22-8-9-24(16)12-18(19,20)21)17(25)15-7-6-13-4-2-3-5-14(13)10-15/h2-10H,11-12H2,1H3. The topological polar surface area (TPSA) is 38.1 Å². The molecule has 0 N–H and O–H groups in total. The highest BCUT2D eigenvalue weighted by Crippen LogP contribution is 2.20. The second-order valence-electron chi connectivity index (χ2n) is 5.81. The molecule has 4 nitrogen and oxygen atoms in total. The van der Waals surface area contributed by atoms with Gasteiger partial charge in [-0.05, 0) is 22.9 Å². The summed E-state index contributed by atoms with van der Waals surface area (Å²) in [7, 11) is 1.55. The first-order valence-corrected chi connectivity index (χ1v) is 7.64. The zero-order chi connectivity index (χ0) is 18.0. The third kappa shape index (κ3) is 3.99. The first kappa shape index (κ1) is 17.0. The van der Waals surface area contributed by atoms with Crippen LogP contribution in [-0.4, -0.2) is 33.6 Å². The molecule has 1 amide bonds. The fraction of sp³-hybridized carbons (Fsp3) is 0.222. The molecule has 7 heteroatoms. The number of hydrogen-bond donors (Lipinski definition) is 0. The summed E-state index contributed by atoms with van der Waals surface area (Å²) in [4.78, 5) is 17.9. The Balaban J connectivity index is 1.77. The van der Waals surface area contributed by atoms with Gasteiger partial charge in [-0.15, -0.1) is 0 Å². The second kappa shape index (κ2) is 6.58. The molecular weight excluding hydrogens is 331 g/mol. The number of rotatable bonds is 4. The molecule has 130 valence electrons. The monoisotopic (exact) mass is 347 g/mol. The number of carbonyl (C=O) groups excluding carboxylic acids is 1. The predicted octanol–water partition coefficient (Wildman–Crippen LogP) is 3.87. The van der Waals surface area contributed by atoms with Gasteiger partial charge in [-0.25, -0.2) is 4.98 Å². The first-order valence-electron chi connectivity index (χ1n) is 7.64. The zero-order valence-corrected chi connectivity index (χ0v) is 13.5. The Morgan fingerprint density at radius 3 is 2.60 bits per heavy atom. The summed E-state index contributed by atoms with van der Waals surface area (Å²) in [6.07, 6.45) is -1.77. The molecule has 1 aromatic heterocycles. The molecule has 2 aromatic carbocycles. The van der Waals surface area contributed by atoms with Crippen LogP contribution in [0.25, 0.3) is 10.8 Å². The van der Waals surface area contributed by atoms with Crippen molar-refractivity contribution >= 4 is 16.7 Å². The molecule has 0 spiro atoms. The SMILES string of the molecule is CN(Cc1nccn1CC(F)(F)F)C(=O)c1ccc2ccccc2c1. The molecule has 3 rings (SSSR count). The Kier molecular flexibility index (Phi) is 4.48. The van der Waals surface area contributed by atoms with Gasteiger partial charge in [-0.1, -0.05) is 30.3 Å². The fourth-order valence-electron chi connectivity index (χ4n) is 2.66. The fourth-order valence-corrected chi connectivity index (χ4v) is 2.66. The van der Waals surface area contributed by atoms with Gasteiger partial charge in [-0.3, -0.25) is 4.79 Å². The number of benzene rings is 2. The van der Waals surface area contributed by atoms with E-state index >= 15 is 0 Å². The average Bonchev–Trinajstić information content (AvgIpc) is 2.98. The maximum Gasteiger partial charge on any atom is 0.406 e. The molecule has 3 aromatic rings. The maximum absolute atomic E-state index is 12.6. The van der Waals surface area contributed by atoms with E-state index in [2.05, 4.69) is 4.98 Å². The Hall–Kier alpha value is -2.83. The van der Waals surface area contributed by atoms with Crippen LogP contribution in [0.3, 0.4) is 0 Å². The molecule has 0 saturated carbocycles. The number of hydrogen-bond acceptors (Lipinski definition) is 2. The summed E-state index contributed by atoms with van der Waals surface area (Å²) in [5.74, 6) is -0.0822. The van der Waals surface area contributed by atoms with Gasteiger partial charge in [-0.2, -0.15) is 13.2 Å². The number of aromatic nitrogens is 2. The summed E-state index contributed by atoms with van der Waals surface area (Å²) in [6, 6.07) is 13.0. The molecule has 0 atom stereocenters. The summed E-state index contributed by atoms with van der Waals surface area (Å²) < 4.78 is 38.7. The lowest BCUT2D eigenvalue weighted by molar-refractivity contribution is -0.141. The minimum atomic E-state index is -4.34. The Morgan fingerprint density at radius 1 is 1.16 bits per heavy atom. The van der Waals surface area contributed by atoms with Crippen molar-refractivity contribution < 1.29 is 18.0 Å². The van der Waals surface area contributed by atoms with Crippen molar-refractivity contribution in [2.24, 2.45) is 0 Å². The summed E-state index contributed by atoms with van der Waals surface area (Å²) in [5, 5.41) is 1.95. The van der Waals surface area contributed by atoms with Crippen LogP contribution in [0, 0.1) is 0 Å². The van der Waals surface area contributed by atoms with E-state index in [9.17, 15) is 18.0 Å². The summed E-state index contributed by atoms with van der Waals surface area (Å²) in [5.41, 5.74) is 0.482. The minimum absolute atomic E-state index is 0.00522. The van der Waals surface area contributed by atoms with E-state index in [1.54, 1.807) is 19.2 Å². The van der Waals surface area contributed by atoms with Gasteiger partial charge in [0.15, 0.2) is 0 Å². The van der Waals surface area contributed by atoms with Gasteiger partial charge in [0.05, 0.1) is 6.54 Å². The van der Waals surface area contributed by atoms with Crippen LogP contribution in [-0.2, 0) is 13.1 Å². The number of alkyl halides is 3. The lowest BCUT2D eigenvalue weighted by Crippen LogP contribution is -2.29. The highest BCUT2D eigenvalue weighted by Gasteiger charge is 2.29. The highest BCUT2D eigenvalue weighted by molar-refractivity contribution is 5.98. The number of fused-ring (bicyclic) bond motifs is 1. The van der Waals surface area contributed by atoms with Crippen molar-refractivity contribution in [3.63, 3.8) is 0 Å². The van der Waals surface area contributed by atoms with E-state index in [0.717, 1.165) is 15.3 Å². The van der Waals surface area contributed by atoms with Gasteiger partial charge < -0.3 is 9.47 Å². The van der Waals surface area contributed by atoms with Crippen LogP contribution in [0.5, 0.6) is 0 Å². The van der Waals surface area contributed by atoms with Crippen LogP contribution in [0.15, 0.2) is 54.9 Å². The van der Waals surface area contributed by atoms with E-state index in [1.807, 2.05) is 30.3 Å². The van der Waals surface area contributed by atoms with Gasteiger partial charge >= 0.3 is 6.18 Å². The smallest absolute Gasteiger partial charge is 0.334 e. The van der Waals surface area contributed by atoms with E-state index in [0.29, 0.717) is 5.56 Å². The lowest BCUT2D eigenvalue weighted by Gasteiger charge is -2.18. The third-order valence-corrected chi connectivity index (χ3v) is 3.87. The predicted molar refractivity (Wildman–Crippen MR) is 88.0 cm³/mol. The summed E-state index contributed by atoms with van der Waals surface area (Å²) >= 11 is 0. The molecule has 0 unspecified atom stereocenters. The number of imidazole rings is 1. The molecule has 1 heterocycles. The number of halogens is 3. The van der Waals surface area contributed by atoms with Crippen molar-refractivity contribution in [3.8, 4) is 0 Å². The average molecular weight is 347 g/mol. The molecule has 0 bridgehead atoms. The van der Waals surface area contributed by atoms with Crippen LogP contribution in [0.2, 0.25) is 0 Å². The Bertz CT molecular complexity index is 902. The summed E-state index contributed by atoms with van der Waals surface area (Å²) in [6.45, 7) is -1.13.